The normalized spacial score (nSPS) is 18.5. The molecule has 1 N–H and O–H groups in total. The fraction of sp³-hybridized carbons (Fsp3) is 0.316. The molecule has 0 amide bonds. The highest BCUT2D eigenvalue weighted by atomic mass is 35.5. The van der Waals surface area contributed by atoms with Crippen molar-refractivity contribution in [3.63, 3.8) is 0 Å². The van der Waals surface area contributed by atoms with Gasteiger partial charge in [-0.25, -0.2) is 0 Å². The third-order valence-electron chi connectivity index (χ3n) is 4.40. The molecule has 24 heavy (non-hydrogen) atoms. The first-order valence-electron chi connectivity index (χ1n) is 8.02. The molecular weight excluding hydrogens is 345 g/mol. The van der Waals surface area contributed by atoms with Crippen molar-refractivity contribution in [1.82, 2.24) is 4.90 Å². The average Bonchev–Trinajstić information content (AvgIpc) is 2.58. The molecule has 2 aromatic carbocycles. The molecule has 1 atom stereocenters. The average molecular weight is 364 g/mol. The number of rotatable bonds is 4. The molecule has 126 valence electrons. The fourth-order valence-electron chi connectivity index (χ4n) is 3.20. The van der Waals surface area contributed by atoms with E-state index in [1.807, 2.05) is 18.2 Å². The number of aromatic hydroxyl groups is 1. The number of benzene rings is 2. The maximum atomic E-state index is 12.7. The van der Waals surface area contributed by atoms with Gasteiger partial charge in [-0.3, -0.25) is 9.69 Å². The molecule has 0 aromatic heterocycles. The number of hydrogen-bond donors (Lipinski definition) is 1. The molecule has 3 rings (SSSR count). The maximum Gasteiger partial charge on any atom is 0.167 e. The van der Waals surface area contributed by atoms with Crippen molar-refractivity contribution in [3.05, 3.63) is 63.6 Å². The van der Waals surface area contributed by atoms with E-state index in [9.17, 15) is 9.90 Å². The molecule has 1 aliphatic rings. The summed E-state index contributed by atoms with van der Waals surface area (Å²) in [5.74, 6) is 0.240. The highest BCUT2D eigenvalue weighted by molar-refractivity contribution is 6.32. The highest BCUT2D eigenvalue weighted by Crippen LogP contribution is 2.27. The van der Waals surface area contributed by atoms with Gasteiger partial charge in [-0.15, -0.1) is 0 Å². The van der Waals surface area contributed by atoms with E-state index in [4.69, 9.17) is 23.2 Å². The van der Waals surface area contributed by atoms with Gasteiger partial charge in [0.15, 0.2) is 5.78 Å². The van der Waals surface area contributed by atoms with Gasteiger partial charge >= 0.3 is 0 Å². The molecular formula is C19H19Cl2NO2. The summed E-state index contributed by atoms with van der Waals surface area (Å²) in [6.07, 6.45) is 1.89. The van der Waals surface area contributed by atoms with Crippen LogP contribution in [0.2, 0.25) is 10.0 Å². The number of carbonyl (C=O) groups is 1. The maximum absolute atomic E-state index is 12.7. The standard InChI is InChI=1S/C19H19Cl2NO2/c20-16-5-1-3-14(10-16)19(24)15-4-2-8-22(12-15)11-13-6-7-18(23)17(21)9-13/h1,3,5-7,9-10,15,23H,2,4,8,11-12H2. The van der Waals surface area contributed by atoms with Gasteiger partial charge in [0, 0.05) is 29.6 Å². The second kappa shape index (κ2) is 7.56. The molecule has 1 fully saturated rings. The number of ketones is 1. The number of likely N-dealkylation sites (tertiary alicyclic amines) is 1. The zero-order valence-corrected chi connectivity index (χ0v) is 14.7. The van der Waals surface area contributed by atoms with Crippen molar-refractivity contribution in [1.29, 1.82) is 0 Å². The van der Waals surface area contributed by atoms with Crippen LogP contribution in [0.4, 0.5) is 0 Å². The van der Waals surface area contributed by atoms with E-state index in [1.165, 1.54) is 0 Å². The number of halogens is 2. The van der Waals surface area contributed by atoms with Crippen LogP contribution in [-0.2, 0) is 6.54 Å². The molecule has 1 saturated heterocycles. The Bertz CT molecular complexity index is 748. The summed E-state index contributed by atoms with van der Waals surface area (Å²) in [6, 6.07) is 12.4. The van der Waals surface area contributed by atoms with Crippen LogP contribution in [0.15, 0.2) is 42.5 Å². The Kier molecular flexibility index (Phi) is 5.44. The Morgan fingerprint density at radius 2 is 2.04 bits per heavy atom. The number of piperidine rings is 1. The van der Waals surface area contributed by atoms with E-state index in [0.717, 1.165) is 38.0 Å². The zero-order chi connectivity index (χ0) is 17.1. The lowest BCUT2D eigenvalue weighted by Gasteiger charge is -2.32. The van der Waals surface area contributed by atoms with Crippen LogP contribution in [0, 0.1) is 5.92 Å². The number of hydrogen-bond acceptors (Lipinski definition) is 3. The van der Waals surface area contributed by atoms with E-state index in [1.54, 1.807) is 24.3 Å². The second-order valence-corrected chi connectivity index (χ2v) is 7.08. The van der Waals surface area contributed by atoms with E-state index in [-0.39, 0.29) is 17.5 Å². The summed E-state index contributed by atoms with van der Waals surface area (Å²) in [4.78, 5) is 15.0. The lowest BCUT2D eigenvalue weighted by molar-refractivity contribution is 0.0811. The van der Waals surface area contributed by atoms with Crippen LogP contribution in [0.3, 0.4) is 0 Å². The summed E-state index contributed by atoms with van der Waals surface area (Å²) in [5, 5.41) is 10.5. The van der Waals surface area contributed by atoms with Crippen molar-refractivity contribution in [2.24, 2.45) is 5.92 Å². The van der Waals surface area contributed by atoms with Crippen molar-refractivity contribution in [2.45, 2.75) is 19.4 Å². The smallest absolute Gasteiger partial charge is 0.167 e. The zero-order valence-electron chi connectivity index (χ0n) is 13.2. The largest absolute Gasteiger partial charge is 0.506 e. The Morgan fingerprint density at radius 3 is 2.79 bits per heavy atom. The number of Topliss-reactive ketones (excluding diaryl/α,β-unsaturated/α-hetero) is 1. The first-order chi connectivity index (χ1) is 11.5. The Hall–Kier alpha value is -1.55. The van der Waals surface area contributed by atoms with Crippen LogP contribution in [0.25, 0.3) is 0 Å². The minimum absolute atomic E-state index is 0.00944. The van der Waals surface area contributed by atoms with Gasteiger partial charge in [0.25, 0.3) is 0 Å². The van der Waals surface area contributed by atoms with Crippen molar-refractivity contribution < 1.29 is 9.90 Å². The minimum Gasteiger partial charge on any atom is -0.506 e. The monoisotopic (exact) mass is 363 g/mol. The van der Waals surface area contributed by atoms with Crippen LogP contribution in [-0.4, -0.2) is 28.9 Å². The van der Waals surface area contributed by atoms with Crippen LogP contribution in [0.5, 0.6) is 5.75 Å². The molecule has 0 spiro atoms. The first kappa shape index (κ1) is 17.3. The van der Waals surface area contributed by atoms with E-state index >= 15 is 0 Å². The van der Waals surface area contributed by atoms with E-state index in [2.05, 4.69) is 4.90 Å². The molecule has 0 saturated carbocycles. The Morgan fingerprint density at radius 1 is 1.21 bits per heavy atom. The molecule has 1 heterocycles. The van der Waals surface area contributed by atoms with E-state index < -0.39 is 0 Å². The van der Waals surface area contributed by atoms with E-state index in [0.29, 0.717) is 15.6 Å². The van der Waals surface area contributed by atoms with Gasteiger partial charge in [0.1, 0.15) is 5.75 Å². The number of nitrogens with zero attached hydrogens (tertiary/aromatic N) is 1. The number of phenolic OH excluding ortho intramolecular Hbond substituents is 1. The summed E-state index contributed by atoms with van der Waals surface area (Å²) in [5.41, 5.74) is 1.72. The summed E-state index contributed by atoms with van der Waals surface area (Å²) >= 11 is 12.0. The van der Waals surface area contributed by atoms with Gasteiger partial charge in [-0.2, -0.15) is 0 Å². The summed E-state index contributed by atoms with van der Waals surface area (Å²) < 4.78 is 0. The van der Waals surface area contributed by atoms with Crippen LogP contribution >= 0.6 is 23.2 Å². The SMILES string of the molecule is O=C(c1cccc(Cl)c1)C1CCCN(Cc2ccc(O)c(Cl)c2)C1. The Labute approximate surface area is 151 Å². The molecule has 5 heteroatoms. The van der Waals surface area contributed by atoms with Crippen LogP contribution in [0.1, 0.15) is 28.8 Å². The van der Waals surface area contributed by atoms with Gasteiger partial charge in [0.05, 0.1) is 5.02 Å². The van der Waals surface area contributed by atoms with Gasteiger partial charge in [0.2, 0.25) is 0 Å². The third-order valence-corrected chi connectivity index (χ3v) is 4.94. The van der Waals surface area contributed by atoms with Crippen molar-refractivity contribution >= 4 is 29.0 Å². The number of phenols is 1. The highest BCUT2D eigenvalue weighted by Gasteiger charge is 2.26. The molecule has 0 aliphatic carbocycles. The minimum atomic E-state index is -0.00944. The summed E-state index contributed by atoms with van der Waals surface area (Å²) in [7, 11) is 0. The molecule has 0 bridgehead atoms. The molecule has 2 aromatic rings. The first-order valence-corrected chi connectivity index (χ1v) is 8.78. The lowest BCUT2D eigenvalue weighted by atomic mass is 9.90. The number of carbonyl (C=O) groups excluding carboxylic acids is 1. The third kappa shape index (κ3) is 4.10. The molecule has 3 nitrogen and oxygen atoms in total. The van der Waals surface area contributed by atoms with Gasteiger partial charge in [-0.05, 0) is 49.2 Å². The second-order valence-electron chi connectivity index (χ2n) is 6.23. The van der Waals surface area contributed by atoms with Crippen molar-refractivity contribution in [3.8, 4) is 5.75 Å². The quantitative estimate of drug-likeness (QED) is 0.793. The van der Waals surface area contributed by atoms with Gasteiger partial charge in [-0.1, -0.05) is 41.4 Å². The lowest BCUT2D eigenvalue weighted by Crippen LogP contribution is -2.38. The molecule has 0 radical (unpaired) electrons. The predicted molar refractivity (Wildman–Crippen MR) is 96.9 cm³/mol. The van der Waals surface area contributed by atoms with Crippen LogP contribution < -0.4 is 0 Å². The topological polar surface area (TPSA) is 40.5 Å². The predicted octanol–water partition coefficient (Wildman–Crippen LogP) is 4.79. The fourth-order valence-corrected chi connectivity index (χ4v) is 3.59. The molecule has 1 aliphatic heterocycles. The summed E-state index contributed by atoms with van der Waals surface area (Å²) in [6.45, 7) is 2.40. The van der Waals surface area contributed by atoms with Crippen molar-refractivity contribution in [2.75, 3.05) is 13.1 Å². The van der Waals surface area contributed by atoms with Gasteiger partial charge < -0.3 is 5.11 Å². The Balaban J connectivity index is 1.67. The molecule has 1 unspecified atom stereocenters.